The van der Waals surface area contributed by atoms with E-state index in [1.165, 1.54) is 0 Å². The van der Waals surface area contributed by atoms with Gasteiger partial charge in [0.2, 0.25) is 0 Å². The van der Waals surface area contributed by atoms with E-state index in [1.54, 1.807) is 13.8 Å². The van der Waals surface area contributed by atoms with Crippen molar-refractivity contribution in [3.8, 4) is 0 Å². The highest BCUT2D eigenvalue weighted by Gasteiger charge is 2.13. The number of rotatable bonds is 5. The summed E-state index contributed by atoms with van der Waals surface area (Å²) in [6.45, 7) is 5.82. The molecule has 0 aromatic rings. The highest BCUT2D eigenvalue weighted by Crippen LogP contribution is 1.89. The average molecular weight is 218 g/mol. The fourth-order valence-electron chi connectivity index (χ4n) is 0.870. The van der Waals surface area contributed by atoms with E-state index in [2.05, 4.69) is 20.1 Å². The molecule has 0 bridgehead atoms. The van der Waals surface area contributed by atoms with Crippen LogP contribution < -0.4 is 10.6 Å². The van der Waals surface area contributed by atoms with Crippen LogP contribution >= 0.6 is 0 Å². The summed E-state index contributed by atoms with van der Waals surface area (Å²) in [6, 6.07) is 0. The second kappa shape index (κ2) is 7.90. The van der Waals surface area contributed by atoms with Crippen molar-refractivity contribution in [2.75, 3.05) is 13.2 Å². The standard InChI is InChI=1S/C9H18N2O4/c1-4-7(10-8(12)14-5-2)11-9(13)15-6-3/h7H,4-6H2,1-3H3,(H,10,12)(H,11,13). The van der Waals surface area contributed by atoms with E-state index in [4.69, 9.17) is 0 Å². The van der Waals surface area contributed by atoms with Crippen LogP contribution in [0.4, 0.5) is 9.59 Å². The molecule has 0 atom stereocenters. The minimum absolute atomic E-state index is 0.293. The molecule has 0 aromatic carbocycles. The van der Waals surface area contributed by atoms with Crippen molar-refractivity contribution in [1.29, 1.82) is 0 Å². The number of alkyl carbamates (subject to hydrolysis) is 2. The molecule has 15 heavy (non-hydrogen) atoms. The van der Waals surface area contributed by atoms with Crippen molar-refractivity contribution in [2.24, 2.45) is 0 Å². The van der Waals surface area contributed by atoms with Crippen LogP contribution in [0, 0.1) is 0 Å². The van der Waals surface area contributed by atoms with Gasteiger partial charge in [-0.3, -0.25) is 0 Å². The van der Waals surface area contributed by atoms with Gasteiger partial charge in [0.05, 0.1) is 13.2 Å². The summed E-state index contributed by atoms with van der Waals surface area (Å²) < 4.78 is 9.35. The maximum absolute atomic E-state index is 11.0. The molecule has 6 nitrogen and oxygen atoms in total. The average Bonchev–Trinajstić information content (AvgIpc) is 2.17. The molecule has 0 saturated heterocycles. The summed E-state index contributed by atoms with van der Waals surface area (Å²) in [5.41, 5.74) is 0. The third-order valence-corrected chi connectivity index (χ3v) is 1.54. The molecular formula is C9H18N2O4. The maximum Gasteiger partial charge on any atom is 0.408 e. The van der Waals surface area contributed by atoms with Crippen molar-refractivity contribution in [3.63, 3.8) is 0 Å². The summed E-state index contributed by atoms with van der Waals surface area (Å²) in [7, 11) is 0. The molecule has 88 valence electrons. The molecule has 0 aliphatic heterocycles. The number of carbonyl (C=O) groups excluding carboxylic acids is 2. The van der Waals surface area contributed by atoms with E-state index in [0.29, 0.717) is 19.6 Å². The monoisotopic (exact) mass is 218 g/mol. The van der Waals surface area contributed by atoms with E-state index in [-0.39, 0.29) is 0 Å². The normalized spacial score (nSPS) is 9.60. The van der Waals surface area contributed by atoms with E-state index in [0.717, 1.165) is 0 Å². The summed E-state index contributed by atoms with van der Waals surface area (Å²) >= 11 is 0. The van der Waals surface area contributed by atoms with Crippen LogP contribution in [0.2, 0.25) is 0 Å². The van der Waals surface area contributed by atoms with Crippen LogP contribution in [0.1, 0.15) is 27.2 Å². The number of ether oxygens (including phenoxy) is 2. The number of carbonyl (C=O) groups is 2. The Bertz CT molecular complexity index is 188. The first kappa shape index (κ1) is 13.5. The zero-order valence-corrected chi connectivity index (χ0v) is 9.33. The van der Waals surface area contributed by atoms with Gasteiger partial charge < -0.3 is 20.1 Å². The molecule has 0 saturated carbocycles. The SMILES string of the molecule is CCOC(=O)NC(CC)NC(=O)OCC. The van der Waals surface area contributed by atoms with Crippen LogP contribution in [0.15, 0.2) is 0 Å². The zero-order valence-electron chi connectivity index (χ0n) is 9.33. The smallest absolute Gasteiger partial charge is 0.408 e. The molecule has 0 unspecified atom stereocenters. The van der Waals surface area contributed by atoms with Crippen LogP contribution in [-0.4, -0.2) is 31.6 Å². The Morgan fingerprint density at radius 1 is 1.00 bits per heavy atom. The predicted molar refractivity (Wildman–Crippen MR) is 54.4 cm³/mol. The van der Waals surface area contributed by atoms with E-state index < -0.39 is 18.4 Å². The van der Waals surface area contributed by atoms with Crippen molar-refractivity contribution in [2.45, 2.75) is 33.4 Å². The molecule has 2 amide bonds. The van der Waals surface area contributed by atoms with Crippen molar-refractivity contribution < 1.29 is 19.1 Å². The van der Waals surface area contributed by atoms with Crippen LogP contribution in [0.5, 0.6) is 0 Å². The van der Waals surface area contributed by atoms with Gasteiger partial charge in [-0.15, -0.1) is 0 Å². The van der Waals surface area contributed by atoms with Gasteiger partial charge in [-0.1, -0.05) is 6.92 Å². The quantitative estimate of drug-likeness (QED) is 0.680. The van der Waals surface area contributed by atoms with Gasteiger partial charge in [0.1, 0.15) is 6.17 Å². The molecule has 0 radical (unpaired) electrons. The lowest BCUT2D eigenvalue weighted by Gasteiger charge is -2.17. The van der Waals surface area contributed by atoms with Crippen molar-refractivity contribution in [3.05, 3.63) is 0 Å². The maximum atomic E-state index is 11.0. The summed E-state index contributed by atoms with van der Waals surface area (Å²) in [5, 5.41) is 4.97. The van der Waals surface area contributed by atoms with Gasteiger partial charge in [-0.25, -0.2) is 9.59 Å². The predicted octanol–water partition coefficient (Wildman–Crippen LogP) is 1.21. The molecule has 0 aliphatic rings. The van der Waals surface area contributed by atoms with Crippen LogP contribution in [0.25, 0.3) is 0 Å². The lowest BCUT2D eigenvalue weighted by molar-refractivity contribution is 0.134. The van der Waals surface area contributed by atoms with E-state index in [9.17, 15) is 9.59 Å². The first-order valence-electron chi connectivity index (χ1n) is 5.00. The minimum atomic E-state index is -0.554. The largest absolute Gasteiger partial charge is 0.450 e. The zero-order chi connectivity index (χ0) is 11.7. The fraction of sp³-hybridized carbons (Fsp3) is 0.778. The van der Waals surface area contributed by atoms with Gasteiger partial charge in [-0.2, -0.15) is 0 Å². The lowest BCUT2D eigenvalue weighted by atomic mass is 10.4. The summed E-state index contributed by atoms with van der Waals surface area (Å²) in [6.07, 6.45) is -1.03. The highest BCUT2D eigenvalue weighted by atomic mass is 16.6. The molecule has 0 aliphatic carbocycles. The number of nitrogens with one attached hydrogen (secondary N) is 2. The Morgan fingerprint density at radius 2 is 1.40 bits per heavy atom. The topological polar surface area (TPSA) is 76.7 Å². The molecule has 2 N–H and O–H groups in total. The van der Waals surface area contributed by atoms with Gasteiger partial charge >= 0.3 is 12.2 Å². The first-order chi connectivity index (χ1) is 7.13. The third-order valence-electron chi connectivity index (χ3n) is 1.54. The molecule has 0 heterocycles. The molecule has 0 aromatic heterocycles. The Kier molecular flexibility index (Phi) is 7.13. The third kappa shape index (κ3) is 6.59. The van der Waals surface area contributed by atoms with Gasteiger partial charge in [0.15, 0.2) is 0 Å². The van der Waals surface area contributed by atoms with Gasteiger partial charge in [0.25, 0.3) is 0 Å². The second-order valence-electron chi connectivity index (χ2n) is 2.69. The van der Waals surface area contributed by atoms with E-state index >= 15 is 0 Å². The lowest BCUT2D eigenvalue weighted by Crippen LogP contribution is -2.47. The van der Waals surface area contributed by atoms with Crippen molar-refractivity contribution in [1.82, 2.24) is 10.6 Å². The molecule has 0 spiro atoms. The first-order valence-corrected chi connectivity index (χ1v) is 5.00. The second-order valence-corrected chi connectivity index (χ2v) is 2.69. The van der Waals surface area contributed by atoms with Crippen LogP contribution in [-0.2, 0) is 9.47 Å². The van der Waals surface area contributed by atoms with Gasteiger partial charge in [-0.05, 0) is 20.3 Å². The molecule has 0 fully saturated rings. The van der Waals surface area contributed by atoms with Crippen molar-refractivity contribution >= 4 is 12.2 Å². The Hall–Kier alpha value is -1.46. The Balaban J connectivity index is 3.91. The number of hydrogen-bond donors (Lipinski definition) is 2. The molecule has 6 heteroatoms. The highest BCUT2D eigenvalue weighted by molar-refractivity contribution is 5.70. The van der Waals surface area contributed by atoms with Gasteiger partial charge in [0, 0.05) is 0 Å². The Morgan fingerprint density at radius 3 is 1.67 bits per heavy atom. The van der Waals surface area contributed by atoms with E-state index in [1.807, 2.05) is 6.92 Å². The molecular weight excluding hydrogens is 200 g/mol. The Labute approximate surface area is 89.3 Å². The fourth-order valence-corrected chi connectivity index (χ4v) is 0.870. The number of amides is 2. The summed E-state index contributed by atoms with van der Waals surface area (Å²) in [4.78, 5) is 22.1. The van der Waals surface area contributed by atoms with Crippen LogP contribution in [0.3, 0.4) is 0 Å². The summed E-state index contributed by atoms with van der Waals surface area (Å²) in [5.74, 6) is 0. The molecule has 0 rings (SSSR count). The number of hydrogen-bond acceptors (Lipinski definition) is 4. The minimum Gasteiger partial charge on any atom is -0.450 e.